The fourth-order valence-corrected chi connectivity index (χ4v) is 8.93. The molecular formula is C54H103NO8. The molecule has 0 aromatic rings. The summed E-state index contributed by atoms with van der Waals surface area (Å²) in [6.07, 6.45) is 44.8. The number of hydrogen-bond acceptors (Lipinski definition) is 8. The largest absolute Gasteiger partial charge is 0.394 e. The number of rotatable bonds is 45. The van der Waals surface area contributed by atoms with Crippen LogP contribution < -0.4 is 5.32 Å². The number of carbonyl (C=O) groups excluding carboxylic acids is 1. The Morgan fingerprint density at radius 1 is 0.524 bits per heavy atom. The molecule has 0 saturated carbocycles. The number of unbranched alkanes of at least 4 members (excludes halogenated alkanes) is 33. The summed E-state index contributed by atoms with van der Waals surface area (Å²) in [5.74, 6) is -0.232. The van der Waals surface area contributed by atoms with E-state index in [-0.39, 0.29) is 5.91 Å². The van der Waals surface area contributed by atoms with Gasteiger partial charge in [0.05, 0.1) is 18.8 Å². The molecule has 0 aromatic carbocycles. The Morgan fingerprint density at radius 3 is 1.32 bits per heavy atom. The van der Waals surface area contributed by atoms with Crippen molar-refractivity contribution in [1.82, 2.24) is 5.32 Å². The van der Waals surface area contributed by atoms with Crippen molar-refractivity contribution >= 4 is 5.91 Å². The van der Waals surface area contributed by atoms with E-state index in [2.05, 4.69) is 31.3 Å². The predicted molar refractivity (Wildman–Crippen MR) is 263 cm³/mol. The Morgan fingerprint density at radius 2 is 0.905 bits per heavy atom. The average molecular weight is 894 g/mol. The van der Waals surface area contributed by atoms with E-state index in [0.29, 0.717) is 12.8 Å². The summed E-state index contributed by atoms with van der Waals surface area (Å²) in [5.41, 5.74) is 0. The van der Waals surface area contributed by atoms with E-state index in [1.807, 2.05) is 0 Å². The Balaban J connectivity index is 2.27. The van der Waals surface area contributed by atoms with E-state index in [0.717, 1.165) is 51.4 Å². The summed E-state index contributed by atoms with van der Waals surface area (Å²) in [5, 5.41) is 65.6. The lowest BCUT2D eigenvalue weighted by Gasteiger charge is -2.39. The number of nitrogens with one attached hydrogen (secondary N) is 1. The van der Waals surface area contributed by atoms with Gasteiger partial charge in [0.15, 0.2) is 0 Å². The van der Waals surface area contributed by atoms with Gasteiger partial charge in [-0.2, -0.15) is 0 Å². The minimum absolute atomic E-state index is 0.232. The van der Waals surface area contributed by atoms with Crippen molar-refractivity contribution in [3.05, 3.63) is 24.3 Å². The third-order valence-electron chi connectivity index (χ3n) is 13.3. The number of aliphatic hydroxyl groups excluding tert-OH is 6. The monoisotopic (exact) mass is 894 g/mol. The molecule has 8 atom stereocenters. The molecule has 63 heavy (non-hydrogen) atoms. The molecule has 1 rings (SSSR count). The predicted octanol–water partition coefficient (Wildman–Crippen LogP) is 12.0. The molecule has 7 N–H and O–H groups in total. The Hall–Kier alpha value is -1.33. The van der Waals surface area contributed by atoms with Crippen LogP contribution in [0.25, 0.3) is 0 Å². The summed E-state index contributed by atoms with van der Waals surface area (Å²) in [4.78, 5) is 13.1. The standard InChI is InChI=1S/C54H103NO8/c1-3-5-7-9-11-13-15-17-18-19-20-21-22-23-24-25-26-27-28-29-30-32-34-36-38-40-42-50(58)55-46(43-44-48-52(60)54(62)53(61)49(45-56)63-48)51(59)47(57)41-39-37-35-33-31-16-14-12-10-8-6-4-2/h27-28,43-44,46-49,51-54,56-57,59-62H,3-26,29-42,45H2,1-2H3,(H,55,58)/b28-27+,44-43+/t46-,47+,48-,49?,51-,52?,53-,54+/m0/s1. The van der Waals surface area contributed by atoms with Crippen LogP contribution in [0.3, 0.4) is 0 Å². The zero-order chi connectivity index (χ0) is 46.0. The smallest absolute Gasteiger partial charge is 0.220 e. The lowest BCUT2D eigenvalue weighted by Crippen LogP contribution is -2.58. The maximum atomic E-state index is 13.1. The summed E-state index contributed by atoms with van der Waals surface area (Å²) in [6.45, 7) is 3.98. The van der Waals surface area contributed by atoms with Crippen LogP contribution in [0, 0.1) is 0 Å². The molecule has 1 fully saturated rings. The van der Waals surface area contributed by atoms with E-state index in [1.165, 1.54) is 192 Å². The van der Waals surface area contributed by atoms with Crippen LogP contribution in [0.4, 0.5) is 0 Å². The first kappa shape index (κ1) is 59.7. The second-order valence-corrected chi connectivity index (χ2v) is 19.2. The van der Waals surface area contributed by atoms with E-state index in [4.69, 9.17) is 4.74 Å². The molecule has 0 aliphatic carbocycles. The van der Waals surface area contributed by atoms with Crippen LogP contribution in [0.1, 0.15) is 258 Å². The average Bonchev–Trinajstić information content (AvgIpc) is 3.28. The minimum atomic E-state index is -1.53. The van der Waals surface area contributed by atoms with Crippen molar-refractivity contribution in [2.45, 2.75) is 307 Å². The molecule has 1 heterocycles. The number of amides is 1. The Labute approximate surface area is 387 Å². The highest BCUT2D eigenvalue weighted by molar-refractivity contribution is 5.76. The van der Waals surface area contributed by atoms with Crippen LogP contribution in [0.5, 0.6) is 0 Å². The third kappa shape index (κ3) is 32.9. The lowest BCUT2D eigenvalue weighted by molar-refractivity contribution is -0.216. The normalized spacial score (nSPS) is 20.8. The lowest BCUT2D eigenvalue weighted by atomic mass is 9.93. The molecule has 1 aliphatic rings. The third-order valence-corrected chi connectivity index (χ3v) is 13.3. The molecule has 1 aliphatic heterocycles. The van der Waals surface area contributed by atoms with Gasteiger partial charge in [0.1, 0.15) is 36.6 Å². The quantitative estimate of drug-likeness (QED) is 0.0235. The van der Waals surface area contributed by atoms with Gasteiger partial charge in [-0.05, 0) is 38.5 Å². The van der Waals surface area contributed by atoms with Gasteiger partial charge in [-0.3, -0.25) is 4.79 Å². The first-order chi connectivity index (χ1) is 30.8. The van der Waals surface area contributed by atoms with Crippen molar-refractivity contribution in [1.29, 1.82) is 0 Å². The number of allylic oxidation sites excluding steroid dienone is 2. The molecule has 0 spiro atoms. The molecule has 1 saturated heterocycles. The Bertz CT molecular complexity index is 1050. The molecule has 0 aromatic heterocycles. The van der Waals surface area contributed by atoms with Crippen molar-refractivity contribution < 1.29 is 40.2 Å². The fourth-order valence-electron chi connectivity index (χ4n) is 8.93. The van der Waals surface area contributed by atoms with E-state index >= 15 is 0 Å². The van der Waals surface area contributed by atoms with Crippen molar-refractivity contribution in [2.75, 3.05) is 6.61 Å². The zero-order valence-electron chi connectivity index (χ0n) is 41.0. The van der Waals surface area contributed by atoms with Gasteiger partial charge >= 0.3 is 0 Å². The van der Waals surface area contributed by atoms with Crippen LogP contribution in [0.15, 0.2) is 24.3 Å². The van der Waals surface area contributed by atoms with Gasteiger partial charge in [-0.1, -0.05) is 237 Å². The summed E-state index contributed by atoms with van der Waals surface area (Å²) < 4.78 is 5.60. The molecular weight excluding hydrogens is 791 g/mol. The summed E-state index contributed by atoms with van der Waals surface area (Å²) in [6, 6.07) is -0.950. The molecule has 9 nitrogen and oxygen atoms in total. The van der Waals surface area contributed by atoms with Gasteiger partial charge in [0, 0.05) is 6.42 Å². The van der Waals surface area contributed by atoms with Crippen molar-refractivity contribution in [2.24, 2.45) is 0 Å². The molecule has 372 valence electrons. The van der Waals surface area contributed by atoms with Crippen LogP contribution >= 0.6 is 0 Å². The highest BCUT2D eigenvalue weighted by Crippen LogP contribution is 2.23. The van der Waals surface area contributed by atoms with Crippen molar-refractivity contribution in [3.63, 3.8) is 0 Å². The molecule has 9 heteroatoms. The molecule has 1 amide bonds. The fraction of sp³-hybridized carbons (Fsp3) is 0.907. The summed E-state index contributed by atoms with van der Waals surface area (Å²) >= 11 is 0. The topological polar surface area (TPSA) is 160 Å². The van der Waals surface area contributed by atoms with Crippen LogP contribution in [-0.2, 0) is 9.53 Å². The SMILES string of the molecule is CCCCCCCCCCCCCCCCCC/C=C/CCCCCCCCC(=O)N[C@@H](/C=C/[C@@H]1OC(CO)[C@H](O)[C@H](O)C1O)[C@H](O)[C@H](O)CCCCCCCCCCCCCC. The molecule has 0 bridgehead atoms. The minimum Gasteiger partial charge on any atom is -0.394 e. The number of ether oxygens (including phenoxy) is 1. The summed E-state index contributed by atoms with van der Waals surface area (Å²) in [7, 11) is 0. The number of carbonyl (C=O) groups is 1. The van der Waals surface area contributed by atoms with E-state index in [1.54, 1.807) is 0 Å². The zero-order valence-corrected chi connectivity index (χ0v) is 41.0. The maximum Gasteiger partial charge on any atom is 0.220 e. The molecule has 0 radical (unpaired) electrons. The first-order valence-corrected chi connectivity index (χ1v) is 27.1. The molecule has 2 unspecified atom stereocenters. The number of aliphatic hydroxyl groups is 6. The van der Waals surface area contributed by atoms with E-state index in [9.17, 15) is 35.4 Å². The van der Waals surface area contributed by atoms with Crippen molar-refractivity contribution in [3.8, 4) is 0 Å². The Kier molecular flexibility index (Phi) is 41.0. The van der Waals surface area contributed by atoms with Gasteiger partial charge in [-0.25, -0.2) is 0 Å². The second kappa shape index (κ2) is 43.3. The van der Waals surface area contributed by atoms with Gasteiger partial charge in [0.25, 0.3) is 0 Å². The highest BCUT2D eigenvalue weighted by atomic mass is 16.5. The van der Waals surface area contributed by atoms with E-state index < -0.39 is 55.4 Å². The second-order valence-electron chi connectivity index (χ2n) is 19.2. The number of hydrogen-bond donors (Lipinski definition) is 7. The van der Waals surface area contributed by atoms with Crippen LogP contribution in [-0.4, -0.2) is 91.9 Å². The van der Waals surface area contributed by atoms with Gasteiger partial charge < -0.3 is 40.7 Å². The first-order valence-electron chi connectivity index (χ1n) is 27.1. The maximum absolute atomic E-state index is 13.1. The van der Waals surface area contributed by atoms with Crippen LogP contribution in [0.2, 0.25) is 0 Å². The van der Waals surface area contributed by atoms with Gasteiger partial charge in [-0.15, -0.1) is 0 Å². The van der Waals surface area contributed by atoms with Gasteiger partial charge in [0.2, 0.25) is 5.91 Å². The highest BCUT2D eigenvalue weighted by Gasteiger charge is 2.42.